The number of benzene rings is 8. The summed E-state index contributed by atoms with van der Waals surface area (Å²) in [6.45, 7) is 0. The zero-order valence-electron chi connectivity index (χ0n) is 25.8. The molecule has 8 aromatic rings. The summed E-state index contributed by atoms with van der Waals surface area (Å²) < 4.78 is 0. The van der Waals surface area contributed by atoms with Gasteiger partial charge in [0.25, 0.3) is 0 Å². The molecule has 230 valence electrons. The average molecular weight is 731 g/mol. The van der Waals surface area contributed by atoms with Gasteiger partial charge in [-0.25, -0.2) is 0 Å². The summed E-state index contributed by atoms with van der Waals surface area (Å²) in [5.41, 5.74) is 0. The van der Waals surface area contributed by atoms with Crippen molar-refractivity contribution in [3.05, 3.63) is 206 Å². The summed E-state index contributed by atoms with van der Waals surface area (Å²) in [5.74, 6) is 0. The largest absolute Gasteiger partial charge is 0.0622 e. The van der Waals surface area contributed by atoms with E-state index in [1.165, 1.54) is 53.4 Å². The fourth-order valence-corrected chi connectivity index (χ4v) is 10.5. The van der Waals surface area contributed by atoms with Gasteiger partial charge >= 0.3 is 0 Å². The Bertz CT molecular complexity index is 1910. The van der Waals surface area contributed by atoms with Crippen LogP contribution in [0, 0.1) is 0 Å². The topological polar surface area (TPSA) is 0 Å². The van der Waals surface area contributed by atoms with Gasteiger partial charge in [0.15, 0.2) is 0 Å². The van der Waals surface area contributed by atoms with Crippen molar-refractivity contribution in [3.63, 3.8) is 0 Å². The van der Waals surface area contributed by atoms with Gasteiger partial charge in [0, 0.05) is 20.4 Å². The van der Waals surface area contributed by atoms with E-state index in [9.17, 15) is 0 Å². The van der Waals surface area contributed by atoms with E-state index in [4.69, 9.17) is 0 Å². The van der Waals surface area contributed by atoms with Crippen LogP contribution < -0.4 is 31.8 Å². The van der Waals surface area contributed by atoms with Crippen molar-refractivity contribution in [3.8, 4) is 0 Å². The average Bonchev–Trinajstić information content (AvgIpc) is 3.14. The normalized spacial score (nSPS) is 10.8. The molecule has 0 amide bonds. The summed E-state index contributed by atoms with van der Waals surface area (Å²) in [7, 11) is -1.04. The Morgan fingerprint density at radius 2 is 0.468 bits per heavy atom. The number of hydrogen-bond acceptors (Lipinski definition) is 0. The van der Waals surface area contributed by atoms with Gasteiger partial charge in [-0.1, -0.05) is 194 Å². The molecular weight excluding hydrogens is 697 g/mol. The van der Waals surface area contributed by atoms with Gasteiger partial charge in [-0.3, -0.25) is 0 Å². The van der Waals surface area contributed by atoms with Gasteiger partial charge in [0.05, 0.1) is 0 Å². The van der Waals surface area contributed by atoms with Crippen LogP contribution in [0.1, 0.15) is 0 Å². The van der Waals surface area contributed by atoms with Crippen LogP contribution in [0.3, 0.4) is 0 Å². The van der Waals surface area contributed by atoms with Crippen LogP contribution in [0.2, 0.25) is 0 Å². The van der Waals surface area contributed by atoms with Crippen molar-refractivity contribution in [1.29, 1.82) is 0 Å². The van der Waals surface area contributed by atoms with E-state index in [0.29, 0.717) is 0 Å². The molecule has 0 bridgehead atoms. The van der Waals surface area contributed by atoms with E-state index < -0.39 is 15.8 Å². The summed E-state index contributed by atoms with van der Waals surface area (Å²) in [6.07, 6.45) is 0. The fourth-order valence-electron chi connectivity index (χ4n) is 5.83. The molecule has 0 aliphatic heterocycles. The van der Waals surface area contributed by atoms with Crippen molar-refractivity contribution in [2.24, 2.45) is 0 Å². The van der Waals surface area contributed by atoms with Gasteiger partial charge < -0.3 is 0 Å². The Labute approximate surface area is 294 Å². The Balaban J connectivity index is 0.000000161. The monoisotopic (exact) mass is 730 g/mol. The minimum Gasteiger partial charge on any atom is -0.0622 e. The molecule has 0 aliphatic rings. The van der Waals surface area contributed by atoms with Crippen molar-refractivity contribution >= 4 is 69.2 Å². The third-order valence-electron chi connectivity index (χ3n) is 8.04. The van der Waals surface area contributed by atoms with Crippen molar-refractivity contribution < 1.29 is 20.4 Å². The molecule has 0 spiro atoms. The second-order valence-corrected chi connectivity index (χ2v) is 15.5. The summed E-state index contributed by atoms with van der Waals surface area (Å²) in [4.78, 5) is 0. The molecule has 0 fully saturated rings. The van der Waals surface area contributed by atoms with Gasteiger partial charge in [-0.2, -0.15) is 0 Å². The third-order valence-corrected chi connectivity index (χ3v) is 12.9. The van der Waals surface area contributed by atoms with Crippen LogP contribution >= 0.6 is 15.8 Å². The predicted octanol–water partition coefficient (Wildman–Crippen LogP) is 9.19. The molecule has 0 N–H and O–H groups in total. The zero-order valence-corrected chi connectivity index (χ0v) is 29.2. The van der Waals surface area contributed by atoms with Crippen LogP contribution in [-0.4, -0.2) is 0 Å². The molecule has 0 unspecified atom stereocenters. The van der Waals surface area contributed by atoms with E-state index >= 15 is 0 Å². The van der Waals surface area contributed by atoms with Gasteiger partial charge in [-0.05, 0) is 81.3 Å². The molecule has 0 atom stereocenters. The molecule has 8 rings (SSSR count). The molecule has 0 saturated carbocycles. The molecule has 8 aromatic carbocycles. The van der Waals surface area contributed by atoms with Gasteiger partial charge in [0.1, 0.15) is 0 Å². The fraction of sp³-hybridized carbons (Fsp3) is 0. The first-order valence-electron chi connectivity index (χ1n) is 15.6. The first-order valence-corrected chi connectivity index (χ1v) is 18.3. The molecule has 0 aliphatic carbocycles. The Morgan fingerprint density at radius 1 is 0.213 bits per heavy atom. The van der Waals surface area contributed by atoms with E-state index in [0.717, 1.165) is 0 Å². The zero-order chi connectivity index (χ0) is 31.0. The smallest absolute Gasteiger partial charge is 0 e. The predicted molar refractivity (Wildman–Crippen MR) is 205 cm³/mol. The van der Waals surface area contributed by atoms with Crippen LogP contribution in [0.25, 0.3) is 21.5 Å². The Kier molecular flexibility index (Phi) is 11.2. The van der Waals surface area contributed by atoms with Crippen LogP contribution in [0.5, 0.6) is 0 Å². The maximum absolute atomic E-state index is 2.35. The Morgan fingerprint density at radius 3 is 0.766 bits per heavy atom. The minimum atomic E-state index is -0.519. The summed E-state index contributed by atoms with van der Waals surface area (Å²) in [5, 5.41) is 13.6. The maximum Gasteiger partial charge on any atom is 0 e. The standard InChI is InChI=1S/2C22H17P.Pd/c2*1-3-11-20(12-4-1)23(21-13-5-2-6-14-21)22-16-15-18-9-7-8-10-19(18)17-22;/h2*1-17H;. The van der Waals surface area contributed by atoms with Crippen molar-refractivity contribution in [2.75, 3.05) is 0 Å². The number of hydrogen-bond donors (Lipinski definition) is 0. The first kappa shape index (κ1) is 32.7. The molecule has 0 heterocycles. The van der Waals surface area contributed by atoms with E-state index in [1.807, 2.05) is 0 Å². The first-order chi connectivity index (χ1) is 22.8. The second kappa shape index (κ2) is 16.1. The Hall–Kier alpha value is -4.20. The molecule has 0 nitrogen and oxygen atoms in total. The minimum absolute atomic E-state index is 0. The van der Waals surface area contributed by atoms with Crippen molar-refractivity contribution in [1.82, 2.24) is 0 Å². The third kappa shape index (κ3) is 7.86. The van der Waals surface area contributed by atoms with E-state index in [2.05, 4.69) is 206 Å². The molecular formula is C44H34P2Pd. The van der Waals surface area contributed by atoms with Crippen LogP contribution in [0.4, 0.5) is 0 Å². The molecule has 0 radical (unpaired) electrons. The van der Waals surface area contributed by atoms with E-state index in [-0.39, 0.29) is 20.4 Å². The van der Waals surface area contributed by atoms with Crippen LogP contribution in [0.15, 0.2) is 206 Å². The SMILES string of the molecule is [Pd].c1ccc(P(c2ccccc2)c2ccc3ccccc3c2)cc1.c1ccc(P(c2ccccc2)c2ccc3ccccc3c2)cc1. The van der Waals surface area contributed by atoms with Gasteiger partial charge in [0.2, 0.25) is 0 Å². The summed E-state index contributed by atoms with van der Waals surface area (Å²) >= 11 is 0. The molecule has 3 heteroatoms. The second-order valence-electron chi connectivity index (χ2n) is 11.1. The molecule has 47 heavy (non-hydrogen) atoms. The quantitative estimate of drug-likeness (QED) is 0.118. The molecule has 0 saturated heterocycles. The summed E-state index contributed by atoms with van der Waals surface area (Å²) in [6, 6.07) is 74.3. The van der Waals surface area contributed by atoms with Crippen LogP contribution in [-0.2, 0) is 20.4 Å². The maximum atomic E-state index is 2.35. The van der Waals surface area contributed by atoms with Crippen molar-refractivity contribution in [2.45, 2.75) is 0 Å². The molecule has 0 aromatic heterocycles. The number of rotatable bonds is 6. The van der Waals surface area contributed by atoms with Gasteiger partial charge in [-0.15, -0.1) is 0 Å². The van der Waals surface area contributed by atoms with E-state index in [1.54, 1.807) is 0 Å². The number of fused-ring (bicyclic) bond motifs is 2.